The summed E-state index contributed by atoms with van der Waals surface area (Å²) in [7, 11) is 1.68. The molecule has 0 radical (unpaired) electrons. The van der Waals surface area contributed by atoms with Crippen molar-refractivity contribution in [3.63, 3.8) is 0 Å². The Morgan fingerprint density at radius 1 is 1.38 bits per heavy atom. The molecule has 2 aromatic heterocycles. The largest absolute Gasteiger partial charge is 0.497 e. The highest BCUT2D eigenvalue weighted by Gasteiger charge is 2.26. The molecule has 1 aliphatic heterocycles. The number of rotatable bonds is 4. The Bertz CT molecular complexity index is 916. The minimum Gasteiger partial charge on any atom is -0.497 e. The Hall–Kier alpha value is -2.67. The fourth-order valence-electron chi connectivity index (χ4n) is 3.40. The number of ether oxygens (including phenoxy) is 1. The van der Waals surface area contributed by atoms with Crippen molar-refractivity contribution < 1.29 is 4.74 Å². The number of aromatic amines is 1. The first-order chi connectivity index (χ1) is 11.7. The van der Waals surface area contributed by atoms with Gasteiger partial charge in [-0.2, -0.15) is 4.52 Å². The van der Waals surface area contributed by atoms with Gasteiger partial charge < -0.3 is 4.74 Å². The highest BCUT2D eigenvalue weighted by Crippen LogP contribution is 2.34. The van der Waals surface area contributed by atoms with Crippen LogP contribution in [-0.4, -0.2) is 38.1 Å². The molecule has 7 heteroatoms. The van der Waals surface area contributed by atoms with E-state index in [0.29, 0.717) is 18.4 Å². The zero-order valence-corrected chi connectivity index (χ0v) is 13.5. The average molecular weight is 325 g/mol. The van der Waals surface area contributed by atoms with Crippen LogP contribution >= 0.6 is 0 Å². The third-order valence-corrected chi connectivity index (χ3v) is 4.53. The molecule has 3 heterocycles. The molecule has 4 rings (SSSR count). The van der Waals surface area contributed by atoms with E-state index in [0.717, 1.165) is 30.8 Å². The lowest BCUT2D eigenvalue weighted by molar-refractivity contribution is 0.245. The molecular weight excluding hydrogens is 306 g/mol. The van der Waals surface area contributed by atoms with Crippen LogP contribution in [0, 0.1) is 0 Å². The third kappa shape index (κ3) is 2.67. The van der Waals surface area contributed by atoms with Crippen LogP contribution in [0.3, 0.4) is 0 Å². The summed E-state index contributed by atoms with van der Waals surface area (Å²) < 4.78 is 6.68. The van der Waals surface area contributed by atoms with Crippen LogP contribution in [0.4, 0.5) is 0 Å². The number of fused-ring (bicyclic) bond motifs is 1. The van der Waals surface area contributed by atoms with E-state index in [4.69, 9.17) is 4.74 Å². The van der Waals surface area contributed by atoms with E-state index in [2.05, 4.69) is 32.1 Å². The van der Waals surface area contributed by atoms with Crippen molar-refractivity contribution >= 4 is 5.78 Å². The number of methoxy groups -OCH3 is 1. The molecule has 1 aliphatic rings. The van der Waals surface area contributed by atoms with E-state index in [1.165, 1.54) is 16.4 Å². The van der Waals surface area contributed by atoms with Gasteiger partial charge in [-0.3, -0.25) is 14.8 Å². The summed E-state index contributed by atoms with van der Waals surface area (Å²) in [4.78, 5) is 23.0. The topological polar surface area (TPSA) is 75.5 Å². The van der Waals surface area contributed by atoms with Crippen molar-refractivity contribution in [3.05, 3.63) is 58.3 Å². The molecule has 1 aromatic carbocycles. The predicted octanol–water partition coefficient (Wildman–Crippen LogP) is 1.76. The van der Waals surface area contributed by atoms with Gasteiger partial charge in [0, 0.05) is 18.7 Å². The van der Waals surface area contributed by atoms with Crippen molar-refractivity contribution in [2.75, 3.05) is 13.7 Å². The number of aromatic nitrogens is 4. The molecule has 1 saturated heterocycles. The van der Waals surface area contributed by atoms with Crippen LogP contribution < -0.4 is 10.3 Å². The quantitative estimate of drug-likeness (QED) is 0.791. The van der Waals surface area contributed by atoms with Crippen LogP contribution in [0.15, 0.2) is 41.5 Å². The third-order valence-electron chi connectivity index (χ3n) is 4.53. The first kappa shape index (κ1) is 14.9. The van der Waals surface area contributed by atoms with Crippen LogP contribution in [0.5, 0.6) is 5.75 Å². The van der Waals surface area contributed by atoms with Crippen LogP contribution in [-0.2, 0) is 6.54 Å². The van der Waals surface area contributed by atoms with E-state index in [9.17, 15) is 4.79 Å². The van der Waals surface area contributed by atoms with Crippen molar-refractivity contribution in [2.45, 2.75) is 25.4 Å². The van der Waals surface area contributed by atoms with Gasteiger partial charge in [0.05, 0.1) is 12.8 Å². The predicted molar refractivity (Wildman–Crippen MR) is 89.0 cm³/mol. The van der Waals surface area contributed by atoms with Crippen molar-refractivity contribution in [1.29, 1.82) is 0 Å². The summed E-state index contributed by atoms with van der Waals surface area (Å²) >= 11 is 0. The fourth-order valence-corrected chi connectivity index (χ4v) is 3.40. The van der Waals surface area contributed by atoms with Crippen molar-refractivity contribution in [3.8, 4) is 5.75 Å². The maximum Gasteiger partial charge on any atom is 0.274 e. The Labute approximate surface area is 138 Å². The highest BCUT2D eigenvalue weighted by molar-refractivity contribution is 5.31. The molecule has 1 fully saturated rings. The lowest BCUT2D eigenvalue weighted by Crippen LogP contribution is -2.25. The van der Waals surface area contributed by atoms with Gasteiger partial charge >= 0.3 is 0 Å². The lowest BCUT2D eigenvalue weighted by atomic mass is 10.0. The van der Waals surface area contributed by atoms with Gasteiger partial charge in [0.25, 0.3) is 11.3 Å². The van der Waals surface area contributed by atoms with Gasteiger partial charge in [0.15, 0.2) is 0 Å². The van der Waals surface area contributed by atoms with Crippen LogP contribution in [0.2, 0.25) is 0 Å². The van der Waals surface area contributed by atoms with Gasteiger partial charge in [0.2, 0.25) is 0 Å². The smallest absolute Gasteiger partial charge is 0.274 e. The number of hydrogen-bond donors (Lipinski definition) is 1. The maximum atomic E-state index is 12.1. The monoisotopic (exact) mass is 325 g/mol. The minimum atomic E-state index is -0.135. The zero-order valence-electron chi connectivity index (χ0n) is 13.5. The molecule has 0 unspecified atom stereocenters. The standard InChI is InChI=1S/C17H19N5O2/c1-24-14-5-2-4-12(8-14)15-6-3-7-21(15)10-13-9-16(23)22-17(20-13)18-11-19-22/h2,4-5,8-9,11,15H,3,6-7,10H2,1H3,(H,18,19,20)/t15-/m1/s1. The molecule has 124 valence electrons. The first-order valence-corrected chi connectivity index (χ1v) is 8.04. The summed E-state index contributed by atoms with van der Waals surface area (Å²) in [6.07, 6.45) is 3.70. The number of nitrogens with zero attached hydrogens (tertiary/aromatic N) is 4. The normalized spacial score (nSPS) is 18.3. The zero-order chi connectivity index (χ0) is 16.5. The lowest BCUT2D eigenvalue weighted by Gasteiger charge is -2.24. The van der Waals surface area contributed by atoms with Gasteiger partial charge in [0.1, 0.15) is 12.1 Å². The van der Waals surface area contributed by atoms with Crippen LogP contribution in [0.25, 0.3) is 5.78 Å². The molecule has 0 spiro atoms. The Balaban J connectivity index is 1.61. The molecule has 0 aliphatic carbocycles. The second-order valence-electron chi connectivity index (χ2n) is 6.01. The SMILES string of the molecule is COc1cccc([C@H]2CCCN2Cc2cc(=O)n3[nH]cnc3n2)c1. The summed E-state index contributed by atoms with van der Waals surface area (Å²) in [5.41, 5.74) is 1.86. The average Bonchev–Trinajstić information content (AvgIpc) is 3.24. The van der Waals surface area contributed by atoms with E-state index in [-0.39, 0.29) is 5.56 Å². The second-order valence-corrected chi connectivity index (χ2v) is 6.01. The molecule has 7 nitrogen and oxygen atoms in total. The van der Waals surface area contributed by atoms with E-state index in [1.807, 2.05) is 12.1 Å². The van der Waals surface area contributed by atoms with E-state index in [1.54, 1.807) is 13.2 Å². The van der Waals surface area contributed by atoms with Gasteiger partial charge in [-0.15, -0.1) is 0 Å². The number of hydrogen-bond acceptors (Lipinski definition) is 5. The number of likely N-dealkylation sites (tertiary alicyclic amines) is 1. The molecule has 24 heavy (non-hydrogen) atoms. The van der Waals surface area contributed by atoms with Crippen LogP contribution in [0.1, 0.15) is 30.1 Å². The Morgan fingerprint density at radius 3 is 3.17 bits per heavy atom. The summed E-state index contributed by atoms with van der Waals surface area (Å²) in [6.45, 7) is 1.63. The fraction of sp³-hybridized carbons (Fsp3) is 0.353. The second kappa shape index (κ2) is 6.09. The highest BCUT2D eigenvalue weighted by atomic mass is 16.5. The first-order valence-electron chi connectivity index (χ1n) is 8.04. The van der Waals surface area contributed by atoms with Gasteiger partial charge in [-0.05, 0) is 37.1 Å². The Kier molecular flexibility index (Phi) is 3.78. The summed E-state index contributed by atoms with van der Waals surface area (Å²) in [6, 6.07) is 10.1. The maximum absolute atomic E-state index is 12.1. The molecule has 1 N–H and O–H groups in total. The number of benzene rings is 1. The van der Waals surface area contributed by atoms with E-state index >= 15 is 0 Å². The Morgan fingerprint density at radius 2 is 2.29 bits per heavy atom. The van der Waals surface area contributed by atoms with Gasteiger partial charge in [-0.25, -0.2) is 9.97 Å². The van der Waals surface area contributed by atoms with Gasteiger partial charge in [-0.1, -0.05) is 12.1 Å². The molecule has 0 saturated carbocycles. The molecule has 1 atom stereocenters. The van der Waals surface area contributed by atoms with Crippen molar-refractivity contribution in [2.24, 2.45) is 0 Å². The molecule has 0 bridgehead atoms. The molecular formula is C17H19N5O2. The summed E-state index contributed by atoms with van der Waals surface area (Å²) in [5, 5.41) is 2.76. The number of nitrogens with one attached hydrogen (secondary N) is 1. The summed E-state index contributed by atoms with van der Waals surface area (Å²) in [5.74, 6) is 1.28. The van der Waals surface area contributed by atoms with E-state index < -0.39 is 0 Å². The molecule has 0 amide bonds. The molecule has 3 aromatic rings. The number of H-pyrrole nitrogens is 1. The minimum absolute atomic E-state index is 0.135. The van der Waals surface area contributed by atoms with Crippen molar-refractivity contribution in [1.82, 2.24) is 24.5 Å².